The van der Waals surface area contributed by atoms with Crippen LogP contribution < -0.4 is 10.1 Å². The molecule has 1 atom stereocenters. The van der Waals surface area contributed by atoms with E-state index in [2.05, 4.69) is 40.2 Å². The van der Waals surface area contributed by atoms with Gasteiger partial charge >= 0.3 is 0 Å². The fraction of sp³-hybridized carbons (Fsp3) is 0.231. The highest BCUT2D eigenvalue weighted by Crippen LogP contribution is 2.22. The van der Waals surface area contributed by atoms with Gasteiger partial charge in [0.25, 0.3) is 5.91 Å². The lowest BCUT2D eigenvalue weighted by atomic mass is 10.1. The van der Waals surface area contributed by atoms with E-state index >= 15 is 0 Å². The highest BCUT2D eigenvalue weighted by atomic mass is 35.5. The van der Waals surface area contributed by atoms with E-state index < -0.39 is 0 Å². The Kier molecular flexibility index (Phi) is 7.07. The summed E-state index contributed by atoms with van der Waals surface area (Å²) in [5, 5.41) is 3.64. The van der Waals surface area contributed by atoms with Gasteiger partial charge < -0.3 is 14.6 Å². The van der Waals surface area contributed by atoms with Gasteiger partial charge in [0.05, 0.1) is 17.1 Å². The number of aryl methyl sites for hydroxylation is 2. The van der Waals surface area contributed by atoms with Crippen molar-refractivity contribution in [3.63, 3.8) is 0 Å². The lowest BCUT2D eigenvalue weighted by Gasteiger charge is -2.17. The van der Waals surface area contributed by atoms with Gasteiger partial charge in [-0.1, -0.05) is 54.1 Å². The molecule has 0 bridgehead atoms. The highest BCUT2D eigenvalue weighted by Gasteiger charge is 2.18. The molecule has 1 unspecified atom stereocenters. The number of ether oxygens (including phenoxy) is 1. The molecule has 0 fully saturated rings. The van der Waals surface area contributed by atoms with E-state index in [9.17, 15) is 4.79 Å². The van der Waals surface area contributed by atoms with Gasteiger partial charge in [0, 0.05) is 11.6 Å². The maximum absolute atomic E-state index is 12.5. The number of imidazole rings is 1. The van der Waals surface area contributed by atoms with Crippen molar-refractivity contribution in [3.05, 3.63) is 95.3 Å². The number of hydrogen-bond donors (Lipinski definition) is 1. The van der Waals surface area contributed by atoms with Crippen LogP contribution in [0, 0.1) is 0 Å². The summed E-state index contributed by atoms with van der Waals surface area (Å²) in [5.74, 6) is 1.25. The van der Waals surface area contributed by atoms with Crippen molar-refractivity contribution in [2.24, 2.45) is 0 Å². The minimum atomic E-state index is -0.250. The van der Waals surface area contributed by atoms with Crippen molar-refractivity contribution in [2.75, 3.05) is 6.61 Å². The third-order valence-corrected chi connectivity index (χ3v) is 5.57. The van der Waals surface area contributed by atoms with Crippen molar-refractivity contribution in [1.82, 2.24) is 14.9 Å². The molecule has 164 valence electrons. The molecule has 0 saturated carbocycles. The minimum absolute atomic E-state index is 0.0692. The quantitative estimate of drug-likeness (QED) is 0.364. The van der Waals surface area contributed by atoms with Crippen LogP contribution >= 0.6 is 11.6 Å². The van der Waals surface area contributed by atoms with Crippen molar-refractivity contribution in [3.8, 4) is 5.75 Å². The van der Waals surface area contributed by atoms with Crippen molar-refractivity contribution in [2.45, 2.75) is 32.4 Å². The standard InChI is InChI=1S/C26H26ClN3O2/c1-19(28-25(31)18-32-22-15-13-21(27)14-16-22)26-29-23-11-5-6-12-24(23)30(26)17-7-10-20-8-3-2-4-9-20/h2-6,8-9,11-16,19H,7,10,17-18H2,1H3,(H,28,31). The van der Waals surface area contributed by atoms with Crippen LogP contribution in [0.5, 0.6) is 5.75 Å². The number of aromatic nitrogens is 2. The van der Waals surface area contributed by atoms with Gasteiger partial charge in [-0.05, 0) is 61.7 Å². The number of fused-ring (bicyclic) bond motifs is 1. The second kappa shape index (κ2) is 10.3. The molecule has 1 heterocycles. The van der Waals surface area contributed by atoms with Crippen LogP contribution in [-0.2, 0) is 17.8 Å². The molecule has 5 nitrogen and oxygen atoms in total. The van der Waals surface area contributed by atoms with Crippen LogP contribution in [0.2, 0.25) is 5.02 Å². The van der Waals surface area contributed by atoms with Crippen LogP contribution in [0.15, 0.2) is 78.9 Å². The first-order valence-electron chi connectivity index (χ1n) is 10.8. The highest BCUT2D eigenvalue weighted by molar-refractivity contribution is 6.30. The summed E-state index contributed by atoms with van der Waals surface area (Å²) < 4.78 is 7.78. The zero-order valence-electron chi connectivity index (χ0n) is 18.0. The molecule has 0 saturated heterocycles. The van der Waals surface area contributed by atoms with E-state index in [1.54, 1.807) is 24.3 Å². The topological polar surface area (TPSA) is 56.1 Å². The number of carbonyl (C=O) groups is 1. The third-order valence-electron chi connectivity index (χ3n) is 5.32. The molecule has 1 N–H and O–H groups in total. The molecule has 0 aliphatic heterocycles. The molecule has 4 rings (SSSR count). The number of carbonyl (C=O) groups excluding carboxylic acids is 1. The number of halogens is 1. The number of rotatable bonds is 9. The number of nitrogens with zero attached hydrogens (tertiary/aromatic N) is 2. The largest absolute Gasteiger partial charge is 0.484 e. The minimum Gasteiger partial charge on any atom is -0.484 e. The number of para-hydroxylation sites is 2. The first kappa shape index (κ1) is 21.9. The summed E-state index contributed by atoms with van der Waals surface area (Å²) in [6.45, 7) is 2.71. The Labute approximate surface area is 193 Å². The zero-order chi connectivity index (χ0) is 22.3. The Morgan fingerprint density at radius 2 is 1.75 bits per heavy atom. The first-order chi connectivity index (χ1) is 15.6. The average Bonchev–Trinajstić information content (AvgIpc) is 3.18. The summed E-state index contributed by atoms with van der Waals surface area (Å²) in [6, 6.07) is 25.2. The summed E-state index contributed by atoms with van der Waals surface area (Å²) >= 11 is 5.89. The molecular weight excluding hydrogens is 422 g/mol. The van der Waals surface area contributed by atoms with Crippen LogP contribution in [0.25, 0.3) is 11.0 Å². The summed E-state index contributed by atoms with van der Waals surface area (Å²) in [4.78, 5) is 17.3. The SMILES string of the molecule is CC(NC(=O)COc1ccc(Cl)cc1)c1nc2ccccc2n1CCCc1ccccc1. The molecule has 32 heavy (non-hydrogen) atoms. The summed E-state index contributed by atoms with van der Waals surface area (Å²) in [5.41, 5.74) is 3.33. The molecule has 1 amide bonds. The predicted octanol–water partition coefficient (Wildman–Crippen LogP) is 5.58. The molecule has 0 spiro atoms. The number of amides is 1. The van der Waals surface area contributed by atoms with Gasteiger partial charge in [-0.3, -0.25) is 4.79 Å². The molecule has 3 aromatic carbocycles. The maximum atomic E-state index is 12.5. The molecule has 6 heteroatoms. The fourth-order valence-corrected chi connectivity index (χ4v) is 3.90. The van der Waals surface area contributed by atoms with Gasteiger partial charge in [-0.15, -0.1) is 0 Å². The Morgan fingerprint density at radius 3 is 2.53 bits per heavy atom. The van der Waals surface area contributed by atoms with E-state index in [0.29, 0.717) is 10.8 Å². The van der Waals surface area contributed by atoms with Gasteiger partial charge in [0.15, 0.2) is 6.61 Å². The van der Waals surface area contributed by atoms with Crippen molar-refractivity contribution >= 4 is 28.5 Å². The van der Waals surface area contributed by atoms with Crippen molar-refractivity contribution in [1.29, 1.82) is 0 Å². The zero-order valence-corrected chi connectivity index (χ0v) is 18.8. The van der Waals surface area contributed by atoms with Crippen LogP contribution in [0.1, 0.15) is 30.8 Å². The second-order valence-corrected chi connectivity index (χ2v) is 8.17. The monoisotopic (exact) mass is 447 g/mol. The summed E-state index contributed by atoms with van der Waals surface area (Å²) in [6.07, 6.45) is 1.97. The van der Waals surface area contributed by atoms with Gasteiger partial charge in [0.2, 0.25) is 0 Å². The predicted molar refractivity (Wildman–Crippen MR) is 128 cm³/mol. The van der Waals surface area contributed by atoms with E-state index in [4.69, 9.17) is 21.3 Å². The molecule has 0 radical (unpaired) electrons. The smallest absolute Gasteiger partial charge is 0.258 e. The van der Waals surface area contributed by atoms with E-state index in [-0.39, 0.29) is 18.6 Å². The third kappa shape index (κ3) is 5.48. The lowest BCUT2D eigenvalue weighted by Crippen LogP contribution is -2.32. The Hall–Kier alpha value is -3.31. The molecule has 4 aromatic rings. The van der Waals surface area contributed by atoms with E-state index in [1.165, 1.54) is 5.56 Å². The van der Waals surface area contributed by atoms with Crippen LogP contribution in [0.4, 0.5) is 0 Å². The number of benzene rings is 3. The second-order valence-electron chi connectivity index (χ2n) is 7.73. The van der Waals surface area contributed by atoms with Crippen molar-refractivity contribution < 1.29 is 9.53 Å². The van der Waals surface area contributed by atoms with E-state index in [0.717, 1.165) is 36.2 Å². The summed E-state index contributed by atoms with van der Waals surface area (Å²) in [7, 11) is 0. The van der Waals surface area contributed by atoms with Crippen LogP contribution in [-0.4, -0.2) is 22.1 Å². The molecule has 0 aliphatic carbocycles. The maximum Gasteiger partial charge on any atom is 0.258 e. The van der Waals surface area contributed by atoms with E-state index in [1.807, 2.05) is 31.2 Å². The first-order valence-corrected chi connectivity index (χ1v) is 11.1. The Balaban J connectivity index is 1.42. The molecule has 0 aliphatic rings. The average molecular weight is 448 g/mol. The fourth-order valence-electron chi connectivity index (χ4n) is 3.77. The number of hydrogen-bond acceptors (Lipinski definition) is 3. The van der Waals surface area contributed by atoms with Gasteiger partial charge in [-0.25, -0.2) is 4.98 Å². The molecule has 1 aromatic heterocycles. The van der Waals surface area contributed by atoms with Crippen LogP contribution in [0.3, 0.4) is 0 Å². The Bertz CT molecular complexity index is 1170. The van der Waals surface area contributed by atoms with Gasteiger partial charge in [0.1, 0.15) is 11.6 Å². The Morgan fingerprint density at radius 1 is 1.03 bits per heavy atom. The molecular formula is C26H26ClN3O2. The van der Waals surface area contributed by atoms with Gasteiger partial charge in [-0.2, -0.15) is 0 Å². The number of nitrogens with one attached hydrogen (secondary N) is 1. The lowest BCUT2D eigenvalue weighted by molar-refractivity contribution is -0.123. The normalized spacial score (nSPS) is 11.9.